The Balaban J connectivity index is 2.05. The van der Waals surface area contributed by atoms with Crippen molar-refractivity contribution in [2.45, 2.75) is 12.8 Å². The Kier molecular flexibility index (Phi) is 4.27. The number of nitrogens with zero attached hydrogens (tertiary/aromatic N) is 2. The van der Waals surface area contributed by atoms with E-state index in [2.05, 4.69) is 4.98 Å². The van der Waals surface area contributed by atoms with E-state index >= 15 is 0 Å². The van der Waals surface area contributed by atoms with Gasteiger partial charge in [0.05, 0.1) is 10.6 Å². The number of primary amides is 1. The largest absolute Gasteiger partial charge is 0.369 e. The van der Waals surface area contributed by atoms with Gasteiger partial charge in [-0.05, 0) is 18.9 Å². The molecule has 7 heteroatoms. The van der Waals surface area contributed by atoms with Gasteiger partial charge in [-0.3, -0.25) is 9.59 Å². The normalized spacial score (nSPS) is 16.4. The Bertz CT molecular complexity index is 514. The fraction of sp³-hybridized carbons (Fsp3) is 0.417. The van der Waals surface area contributed by atoms with Crippen LogP contribution < -0.4 is 5.73 Å². The topological polar surface area (TPSA) is 76.3 Å². The first-order valence-electron chi connectivity index (χ1n) is 5.88. The SMILES string of the molecule is NC(=O)C1CCN(C(=O)c2cnc(Cl)c(Cl)c2)CC1. The molecule has 2 amide bonds. The number of carbonyl (C=O) groups is 2. The number of nitrogens with two attached hydrogens (primary N) is 1. The molecule has 0 spiro atoms. The van der Waals surface area contributed by atoms with Gasteiger partial charge in [0.2, 0.25) is 5.91 Å². The summed E-state index contributed by atoms with van der Waals surface area (Å²) in [5, 5.41) is 0.421. The Labute approximate surface area is 120 Å². The lowest BCUT2D eigenvalue weighted by Gasteiger charge is -2.30. The van der Waals surface area contributed by atoms with E-state index in [1.54, 1.807) is 4.90 Å². The minimum absolute atomic E-state index is 0.143. The number of amides is 2. The van der Waals surface area contributed by atoms with Crippen molar-refractivity contribution in [3.05, 3.63) is 28.0 Å². The van der Waals surface area contributed by atoms with E-state index in [4.69, 9.17) is 28.9 Å². The predicted molar refractivity (Wildman–Crippen MR) is 72.1 cm³/mol. The predicted octanol–water partition coefficient (Wildman–Crippen LogP) is 1.73. The number of piperidine rings is 1. The zero-order valence-electron chi connectivity index (χ0n) is 10.1. The molecule has 102 valence electrons. The molecular weight excluding hydrogens is 289 g/mol. The van der Waals surface area contributed by atoms with Gasteiger partial charge in [-0.1, -0.05) is 23.2 Å². The number of hydrogen-bond acceptors (Lipinski definition) is 3. The second-order valence-electron chi connectivity index (χ2n) is 4.47. The third-order valence-corrected chi connectivity index (χ3v) is 3.91. The van der Waals surface area contributed by atoms with E-state index in [9.17, 15) is 9.59 Å². The number of halogens is 2. The molecule has 1 aliphatic rings. The van der Waals surface area contributed by atoms with Crippen LogP contribution in [0.2, 0.25) is 10.2 Å². The molecule has 0 unspecified atom stereocenters. The highest BCUT2D eigenvalue weighted by Gasteiger charge is 2.26. The van der Waals surface area contributed by atoms with Gasteiger partial charge in [0.15, 0.2) is 0 Å². The molecular formula is C12H13Cl2N3O2. The van der Waals surface area contributed by atoms with E-state index in [1.807, 2.05) is 0 Å². The van der Waals surface area contributed by atoms with Gasteiger partial charge >= 0.3 is 0 Å². The summed E-state index contributed by atoms with van der Waals surface area (Å²) in [5.74, 6) is -0.603. The molecule has 1 aliphatic heterocycles. The van der Waals surface area contributed by atoms with Crippen molar-refractivity contribution in [2.24, 2.45) is 11.7 Å². The molecule has 2 rings (SSSR count). The maximum atomic E-state index is 12.2. The molecule has 1 fully saturated rings. The van der Waals surface area contributed by atoms with Crippen molar-refractivity contribution >= 4 is 35.0 Å². The lowest BCUT2D eigenvalue weighted by atomic mass is 9.96. The molecule has 0 aliphatic carbocycles. The minimum atomic E-state index is -0.302. The quantitative estimate of drug-likeness (QED) is 0.845. The highest BCUT2D eigenvalue weighted by Crippen LogP contribution is 2.22. The molecule has 1 saturated heterocycles. The molecule has 2 heterocycles. The highest BCUT2D eigenvalue weighted by atomic mass is 35.5. The maximum Gasteiger partial charge on any atom is 0.255 e. The monoisotopic (exact) mass is 301 g/mol. The van der Waals surface area contributed by atoms with Crippen LogP contribution in [-0.4, -0.2) is 34.8 Å². The van der Waals surface area contributed by atoms with Crippen LogP contribution in [0.5, 0.6) is 0 Å². The Morgan fingerprint density at radius 2 is 1.95 bits per heavy atom. The molecule has 0 bridgehead atoms. The first-order valence-corrected chi connectivity index (χ1v) is 6.64. The average Bonchev–Trinajstić information content (AvgIpc) is 2.41. The van der Waals surface area contributed by atoms with Crippen molar-refractivity contribution in [1.82, 2.24) is 9.88 Å². The lowest BCUT2D eigenvalue weighted by Crippen LogP contribution is -2.41. The van der Waals surface area contributed by atoms with Crippen LogP contribution in [0.25, 0.3) is 0 Å². The van der Waals surface area contributed by atoms with Crippen LogP contribution in [0.4, 0.5) is 0 Å². The third-order valence-electron chi connectivity index (χ3n) is 3.23. The van der Waals surface area contributed by atoms with Gasteiger partial charge in [0, 0.05) is 25.2 Å². The Hall–Kier alpha value is -1.33. The van der Waals surface area contributed by atoms with Crippen molar-refractivity contribution in [3.63, 3.8) is 0 Å². The van der Waals surface area contributed by atoms with Crippen molar-refractivity contribution < 1.29 is 9.59 Å². The smallest absolute Gasteiger partial charge is 0.255 e. The number of carbonyl (C=O) groups excluding carboxylic acids is 2. The summed E-state index contributed by atoms with van der Waals surface area (Å²) in [6, 6.07) is 1.50. The van der Waals surface area contributed by atoms with Crippen LogP contribution in [-0.2, 0) is 4.79 Å². The number of likely N-dealkylation sites (tertiary alicyclic amines) is 1. The molecule has 2 N–H and O–H groups in total. The lowest BCUT2D eigenvalue weighted by molar-refractivity contribution is -0.123. The Morgan fingerprint density at radius 1 is 1.32 bits per heavy atom. The van der Waals surface area contributed by atoms with Gasteiger partial charge in [0.25, 0.3) is 5.91 Å². The van der Waals surface area contributed by atoms with E-state index < -0.39 is 0 Å². The van der Waals surface area contributed by atoms with Crippen LogP contribution in [0.3, 0.4) is 0 Å². The third kappa shape index (κ3) is 3.16. The van der Waals surface area contributed by atoms with Crippen LogP contribution in [0.15, 0.2) is 12.3 Å². The molecule has 0 aromatic carbocycles. The van der Waals surface area contributed by atoms with E-state index in [1.165, 1.54) is 12.3 Å². The number of hydrogen-bond donors (Lipinski definition) is 1. The summed E-state index contributed by atoms with van der Waals surface area (Å²) < 4.78 is 0. The van der Waals surface area contributed by atoms with E-state index in [0.717, 1.165) is 0 Å². The maximum absolute atomic E-state index is 12.2. The Morgan fingerprint density at radius 3 is 2.47 bits per heavy atom. The fourth-order valence-electron chi connectivity index (χ4n) is 2.09. The number of pyridine rings is 1. The van der Waals surface area contributed by atoms with E-state index in [0.29, 0.717) is 31.5 Å². The molecule has 19 heavy (non-hydrogen) atoms. The van der Waals surface area contributed by atoms with Gasteiger partial charge in [-0.15, -0.1) is 0 Å². The molecule has 1 aromatic heterocycles. The van der Waals surface area contributed by atoms with Crippen molar-refractivity contribution in [3.8, 4) is 0 Å². The molecule has 0 atom stereocenters. The van der Waals surface area contributed by atoms with Gasteiger partial charge in [0.1, 0.15) is 5.15 Å². The van der Waals surface area contributed by atoms with Gasteiger partial charge in [-0.25, -0.2) is 4.98 Å². The van der Waals surface area contributed by atoms with Gasteiger partial charge < -0.3 is 10.6 Å². The standard InChI is InChI=1S/C12H13Cl2N3O2/c13-9-5-8(6-16-10(9)14)12(19)17-3-1-7(2-4-17)11(15)18/h5-7H,1-4H2,(H2,15,18). The molecule has 1 aromatic rings. The van der Waals surface area contributed by atoms with Crippen LogP contribution in [0, 0.1) is 5.92 Å². The highest BCUT2D eigenvalue weighted by molar-refractivity contribution is 6.41. The number of aromatic nitrogens is 1. The number of rotatable bonds is 2. The first-order chi connectivity index (χ1) is 8.99. The zero-order chi connectivity index (χ0) is 14.0. The summed E-state index contributed by atoms with van der Waals surface area (Å²) in [4.78, 5) is 28.8. The van der Waals surface area contributed by atoms with E-state index in [-0.39, 0.29) is 27.9 Å². The summed E-state index contributed by atoms with van der Waals surface area (Å²) >= 11 is 11.5. The molecule has 5 nitrogen and oxygen atoms in total. The second-order valence-corrected chi connectivity index (χ2v) is 5.23. The minimum Gasteiger partial charge on any atom is -0.369 e. The first kappa shape index (κ1) is 14.1. The van der Waals surface area contributed by atoms with Gasteiger partial charge in [-0.2, -0.15) is 0 Å². The summed E-state index contributed by atoms with van der Waals surface area (Å²) in [7, 11) is 0. The van der Waals surface area contributed by atoms with Crippen LogP contribution >= 0.6 is 23.2 Å². The van der Waals surface area contributed by atoms with Crippen molar-refractivity contribution in [2.75, 3.05) is 13.1 Å². The summed E-state index contributed by atoms with van der Waals surface area (Å²) in [6.45, 7) is 1.01. The van der Waals surface area contributed by atoms with Crippen molar-refractivity contribution in [1.29, 1.82) is 0 Å². The van der Waals surface area contributed by atoms with Crippen LogP contribution in [0.1, 0.15) is 23.2 Å². The fourth-order valence-corrected chi connectivity index (χ4v) is 2.36. The summed E-state index contributed by atoms with van der Waals surface area (Å²) in [6.07, 6.45) is 2.59. The average molecular weight is 302 g/mol. The second kappa shape index (κ2) is 5.75. The molecule has 0 radical (unpaired) electrons. The summed E-state index contributed by atoms with van der Waals surface area (Å²) in [5.41, 5.74) is 5.65. The zero-order valence-corrected chi connectivity index (χ0v) is 11.6. The molecule has 0 saturated carbocycles.